The van der Waals surface area contributed by atoms with Gasteiger partial charge in [0.1, 0.15) is 0 Å². The molecule has 1 atom stereocenters. The zero-order chi connectivity index (χ0) is 10.9. The van der Waals surface area contributed by atoms with E-state index in [4.69, 9.17) is 0 Å². The van der Waals surface area contributed by atoms with Crippen LogP contribution in [0.5, 0.6) is 0 Å². The molecule has 1 aliphatic rings. The maximum atomic E-state index is 3.38. The van der Waals surface area contributed by atoms with Gasteiger partial charge in [0.05, 0.1) is 0 Å². The fourth-order valence-corrected chi connectivity index (χ4v) is 3.24. The minimum Gasteiger partial charge on any atom is -0.317 e. The van der Waals surface area contributed by atoms with Crippen LogP contribution in [0, 0.1) is 0 Å². The summed E-state index contributed by atoms with van der Waals surface area (Å²) in [5.74, 6) is 1.34. The lowest BCUT2D eigenvalue weighted by Gasteiger charge is -2.31. The van der Waals surface area contributed by atoms with E-state index in [2.05, 4.69) is 35.8 Å². The molecular weight excluding hydrogens is 204 g/mol. The maximum Gasteiger partial charge on any atom is 0.0172 e. The van der Waals surface area contributed by atoms with E-state index >= 15 is 0 Å². The van der Waals surface area contributed by atoms with Crippen LogP contribution in [0.4, 0.5) is 0 Å². The summed E-state index contributed by atoms with van der Waals surface area (Å²) in [5.41, 5.74) is 0. The molecule has 0 aliphatic carbocycles. The first-order valence-electron chi connectivity index (χ1n) is 6.41. The van der Waals surface area contributed by atoms with E-state index < -0.39 is 0 Å². The molecule has 0 aromatic heterocycles. The number of nitrogens with one attached hydrogen (secondary N) is 1. The van der Waals surface area contributed by atoms with E-state index in [-0.39, 0.29) is 0 Å². The number of nitrogens with zero attached hydrogens (tertiary/aromatic N) is 1. The van der Waals surface area contributed by atoms with Gasteiger partial charge in [0, 0.05) is 24.1 Å². The summed E-state index contributed by atoms with van der Waals surface area (Å²) in [4.78, 5) is 2.65. The van der Waals surface area contributed by atoms with Crippen LogP contribution in [0.1, 0.15) is 33.1 Å². The van der Waals surface area contributed by atoms with Gasteiger partial charge in [-0.25, -0.2) is 0 Å². The van der Waals surface area contributed by atoms with E-state index in [0.29, 0.717) is 0 Å². The molecule has 15 heavy (non-hydrogen) atoms. The molecule has 1 unspecified atom stereocenters. The second-order valence-electron chi connectivity index (χ2n) is 4.26. The molecule has 1 fully saturated rings. The molecule has 0 saturated carbocycles. The van der Waals surface area contributed by atoms with Gasteiger partial charge in [-0.1, -0.05) is 13.8 Å². The highest BCUT2D eigenvalue weighted by Crippen LogP contribution is 2.20. The highest BCUT2D eigenvalue weighted by atomic mass is 32.2. The molecule has 0 aromatic rings. The van der Waals surface area contributed by atoms with Crippen molar-refractivity contribution in [3.05, 3.63) is 0 Å². The second-order valence-corrected chi connectivity index (χ2v) is 5.67. The molecule has 0 radical (unpaired) electrons. The third kappa shape index (κ3) is 5.79. The van der Waals surface area contributed by atoms with Crippen LogP contribution in [0.2, 0.25) is 0 Å². The van der Waals surface area contributed by atoms with Crippen molar-refractivity contribution in [2.45, 2.75) is 38.4 Å². The van der Waals surface area contributed by atoms with Crippen LogP contribution in [0.15, 0.2) is 0 Å². The molecule has 0 spiro atoms. The Labute approximate surface area is 99.2 Å². The van der Waals surface area contributed by atoms with Crippen LogP contribution in [-0.2, 0) is 0 Å². The quantitative estimate of drug-likeness (QED) is 0.675. The summed E-state index contributed by atoms with van der Waals surface area (Å²) in [7, 11) is 0. The van der Waals surface area contributed by atoms with E-state index in [9.17, 15) is 0 Å². The SMILES string of the molecule is CCNCCCCN1CCSC(CC)C1. The third-order valence-electron chi connectivity index (χ3n) is 3.01. The summed E-state index contributed by atoms with van der Waals surface area (Å²) in [5, 5.41) is 4.28. The van der Waals surface area contributed by atoms with Gasteiger partial charge in [-0.2, -0.15) is 11.8 Å². The third-order valence-corrected chi connectivity index (χ3v) is 4.38. The predicted molar refractivity (Wildman–Crippen MR) is 70.8 cm³/mol. The minimum absolute atomic E-state index is 0.896. The van der Waals surface area contributed by atoms with Crippen molar-refractivity contribution in [3.63, 3.8) is 0 Å². The van der Waals surface area contributed by atoms with Crippen molar-refractivity contribution in [2.24, 2.45) is 0 Å². The number of rotatable bonds is 7. The lowest BCUT2D eigenvalue weighted by Crippen LogP contribution is -2.38. The second kappa shape index (κ2) is 8.43. The Kier molecular flexibility index (Phi) is 7.49. The number of unbranched alkanes of at least 4 members (excludes halogenated alkanes) is 1. The number of hydrogen-bond acceptors (Lipinski definition) is 3. The summed E-state index contributed by atoms with van der Waals surface area (Å²) in [6.45, 7) is 10.7. The molecule has 1 heterocycles. The highest BCUT2D eigenvalue weighted by Gasteiger charge is 2.17. The largest absolute Gasteiger partial charge is 0.317 e. The van der Waals surface area contributed by atoms with Gasteiger partial charge in [0.15, 0.2) is 0 Å². The average Bonchev–Trinajstić information content (AvgIpc) is 2.29. The lowest BCUT2D eigenvalue weighted by atomic mass is 10.2. The molecule has 1 saturated heterocycles. The van der Waals surface area contributed by atoms with Crippen LogP contribution < -0.4 is 5.32 Å². The zero-order valence-corrected chi connectivity index (χ0v) is 11.1. The summed E-state index contributed by atoms with van der Waals surface area (Å²) >= 11 is 2.16. The Hall–Kier alpha value is 0.270. The Morgan fingerprint density at radius 1 is 1.33 bits per heavy atom. The Morgan fingerprint density at radius 3 is 2.93 bits per heavy atom. The molecule has 90 valence electrons. The van der Waals surface area contributed by atoms with Gasteiger partial charge < -0.3 is 10.2 Å². The predicted octanol–water partition coefficient (Wildman–Crippen LogP) is 2.20. The highest BCUT2D eigenvalue weighted by molar-refractivity contribution is 8.00. The van der Waals surface area contributed by atoms with Gasteiger partial charge in [0.2, 0.25) is 0 Å². The van der Waals surface area contributed by atoms with Crippen molar-refractivity contribution < 1.29 is 0 Å². The molecule has 0 bridgehead atoms. The lowest BCUT2D eigenvalue weighted by molar-refractivity contribution is 0.275. The summed E-state index contributed by atoms with van der Waals surface area (Å²) < 4.78 is 0. The molecule has 1 aliphatic heterocycles. The molecule has 3 heteroatoms. The fourth-order valence-electron chi connectivity index (χ4n) is 1.99. The Morgan fingerprint density at radius 2 is 2.20 bits per heavy atom. The summed E-state index contributed by atoms with van der Waals surface area (Å²) in [6.07, 6.45) is 4.01. The van der Waals surface area contributed by atoms with Crippen LogP contribution in [0.25, 0.3) is 0 Å². The van der Waals surface area contributed by atoms with Crippen molar-refractivity contribution >= 4 is 11.8 Å². The normalized spacial score (nSPS) is 23.2. The van der Waals surface area contributed by atoms with Crippen molar-refractivity contribution in [2.75, 3.05) is 38.5 Å². The topological polar surface area (TPSA) is 15.3 Å². The van der Waals surface area contributed by atoms with Crippen molar-refractivity contribution in [3.8, 4) is 0 Å². The van der Waals surface area contributed by atoms with Gasteiger partial charge in [-0.05, 0) is 38.9 Å². The van der Waals surface area contributed by atoms with E-state index in [0.717, 1.165) is 11.8 Å². The first kappa shape index (κ1) is 13.3. The molecule has 2 nitrogen and oxygen atoms in total. The molecule has 1 N–H and O–H groups in total. The molecular formula is C12H26N2S. The first-order valence-corrected chi connectivity index (χ1v) is 7.46. The monoisotopic (exact) mass is 230 g/mol. The van der Waals surface area contributed by atoms with Crippen molar-refractivity contribution in [1.82, 2.24) is 10.2 Å². The minimum atomic E-state index is 0.896. The number of thioether (sulfide) groups is 1. The van der Waals surface area contributed by atoms with Crippen LogP contribution >= 0.6 is 11.8 Å². The number of hydrogen-bond donors (Lipinski definition) is 1. The van der Waals surface area contributed by atoms with Gasteiger partial charge in [0.25, 0.3) is 0 Å². The Balaban J connectivity index is 2.00. The van der Waals surface area contributed by atoms with Crippen LogP contribution in [-0.4, -0.2) is 48.6 Å². The van der Waals surface area contributed by atoms with Crippen molar-refractivity contribution in [1.29, 1.82) is 0 Å². The fraction of sp³-hybridized carbons (Fsp3) is 1.00. The zero-order valence-electron chi connectivity index (χ0n) is 10.3. The van der Waals surface area contributed by atoms with E-state index in [1.807, 2.05) is 0 Å². The average molecular weight is 230 g/mol. The smallest absolute Gasteiger partial charge is 0.0172 e. The molecule has 0 aromatic carbocycles. The van der Waals surface area contributed by atoms with E-state index in [1.165, 1.54) is 51.2 Å². The van der Waals surface area contributed by atoms with Crippen LogP contribution in [0.3, 0.4) is 0 Å². The summed E-state index contributed by atoms with van der Waals surface area (Å²) in [6, 6.07) is 0. The molecule has 0 amide bonds. The van der Waals surface area contributed by atoms with Gasteiger partial charge in [-0.15, -0.1) is 0 Å². The Bertz CT molecular complexity index is 153. The van der Waals surface area contributed by atoms with Gasteiger partial charge in [-0.3, -0.25) is 0 Å². The first-order chi connectivity index (χ1) is 7.36. The van der Waals surface area contributed by atoms with Gasteiger partial charge >= 0.3 is 0 Å². The molecule has 1 rings (SSSR count). The van der Waals surface area contributed by atoms with E-state index in [1.54, 1.807) is 0 Å². The standard InChI is InChI=1S/C12H26N2S/c1-3-12-11-14(9-10-15-12)8-6-5-7-13-4-2/h12-13H,3-11H2,1-2H3. The maximum absolute atomic E-state index is 3.38.